The van der Waals surface area contributed by atoms with Crippen molar-refractivity contribution in [3.05, 3.63) is 109 Å². The van der Waals surface area contributed by atoms with Crippen molar-refractivity contribution in [2.45, 2.75) is 258 Å². The number of hydrogen-bond acceptors (Lipinski definition) is 6. The van der Waals surface area contributed by atoms with E-state index in [4.69, 9.17) is 14.2 Å². The average molecular weight is 958 g/mol. The van der Waals surface area contributed by atoms with Gasteiger partial charge in [-0.1, -0.05) is 233 Å². The third-order valence-electron chi connectivity index (χ3n) is 11.8. The molecule has 0 amide bonds. The number of ether oxygens (including phenoxy) is 3. The molecule has 0 rings (SSSR count). The molecule has 0 N–H and O–H groups in total. The molecular formula is C63H104O6. The normalized spacial score (nSPS) is 12.9. The summed E-state index contributed by atoms with van der Waals surface area (Å²) in [5.74, 6) is -0.924. The molecule has 6 nitrogen and oxygen atoms in total. The van der Waals surface area contributed by atoms with Crippen LogP contribution in [0.5, 0.6) is 0 Å². The van der Waals surface area contributed by atoms with Crippen LogP contribution in [0, 0.1) is 0 Å². The number of carbonyl (C=O) groups is 3. The van der Waals surface area contributed by atoms with Crippen molar-refractivity contribution in [1.29, 1.82) is 0 Å². The van der Waals surface area contributed by atoms with Gasteiger partial charge in [0.25, 0.3) is 0 Å². The molecule has 1 atom stereocenters. The second kappa shape index (κ2) is 56.7. The SMILES string of the molecule is CC/C=C\C/C=C\C/C=C\C/C=C\C/C=C\C/C=C\C/C=C\CCCCCCCC(=O)OCC(COC(=O)CCCCCCCCC)OC(=O)CCCCCCCCC/C=C\C/C=C\CCCCC. The molecule has 0 aliphatic rings. The summed E-state index contributed by atoms with van der Waals surface area (Å²) in [4.78, 5) is 37.9. The number of esters is 3. The molecule has 392 valence electrons. The minimum Gasteiger partial charge on any atom is -0.462 e. The summed E-state index contributed by atoms with van der Waals surface area (Å²) in [6, 6.07) is 0. The van der Waals surface area contributed by atoms with E-state index in [2.05, 4.69) is 130 Å². The van der Waals surface area contributed by atoms with Crippen LogP contribution in [0.4, 0.5) is 0 Å². The molecular weight excluding hydrogens is 853 g/mol. The van der Waals surface area contributed by atoms with Gasteiger partial charge in [-0.3, -0.25) is 14.4 Å². The highest BCUT2D eigenvalue weighted by Gasteiger charge is 2.19. The monoisotopic (exact) mass is 957 g/mol. The van der Waals surface area contributed by atoms with Gasteiger partial charge in [0.2, 0.25) is 0 Å². The summed E-state index contributed by atoms with van der Waals surface area (Å²) in [5, 5.41) is 0. The first-order chi connectivity index (χ1) is 34.0. The zero-order chi connectivity index (χ0) is 50.0. The number of rotatable bonds is 50. The fourth-order valence-electron chi connectivity index (χ4n) is 7.51. The van der Waals surface area contributed by atoms with Crippen LogP contribution in [0.15, 0.2) is 109 Å². The fourth-order valence-corrected chi connectivity index (χ4v) is 7.51. The van der Waals surface area contributed by atoms with Crippen LogP contribution in [0.1, 0.15) is 252 Å². The lowest BCUT2D eigenvalue weighted by Crippen LogP contribution is -2.30. The first-order valence-corrected chi connectivity index (χ1v) is 28.4. The highest BCUT2D eigenvalue weighted by Crippen LogP contribution is 2.14. The van der Waals surface area contributed by atoms with E-state index in [0.29, 0.717) is 19.3 Å². The second-order valence-corrected chi connectivity index (χ2v) is 18.5. The summed E-state index contributed by atoms with van der Waals surface area (Å²) in [6.45, 7) is 6.43. The highest BCUT2D eigenvalue weighted by atomic mass is 16.6. The predicted molar refractivity (Wildman–Crippen MR) is 297 cm³/mol. The molecule has 69 heavy (non-hydrogen) atoms. The Morgan fingerprint density at radius 3 is 0.913 bits per heavy atom. The molecule has 1 unspecified atom stereocenters. The molecule has 0 fully saturated rings. The lowest BCUT2D eigenvalue weighted by molar-refractivity contribution is -0.167. The first-order valence-electron chi connectivity index (χ1n) is 28.4. The quantitative estimate of drug-likeness (QED) is 0.0262. The van der Waals surface area contributed by atoms with Gasteiger partial charge in [0.1, 0.15) is 13.2 Å². The molecule has 0 bridgehead atoms. The van der Waals surface area contributed by atoms with Crippen molar-refractivity contribution in [3.63, 3.8) is 0 Å². The van der Waals surface area contributed by atoms with Crippen LogP contribution >= 0.6 is 0 Å². The second-order valence-electron chi connectivity index (χ2n) is 18.5. The third kappa shape index (κ3) is 54.9. The van der Waals surface area contributed by atoms with Gasteiger partial charge < -0.3 is 14.2 Å². The van der Waals surface area contributed by atoms with E-state index in [1.165, 1.54) is 77.0 Å². The van der Waals surface area contributed by atoms with Gasteiger partial charge in [-0.25, -0.2) is 0 Å². The maximum atomic E-state index is 12.8. The molecule has 0 spiro atoms. The summed E-state index contributed by atoms with van der Waals surface area (Å²) >= 11 is 0. The van der Waals surface area contributed by atoms with Gasteiger partial charge in [-0.2, -0.15) is 0 Å². The van der Waals surface area contributed by atoms with Crippen LogP contribution < -0.4 is 0 Å². The van der Waals surface area contributed by atoms with Gasteiger partial charge in [0.15, 0.2) is 6.10 Å². The molecule has 0 aromatic carbocycles. The minimum atomic E-state index is -0.789. The van der Waals surface area contributed by atoms with Gasteiger partial charge >= 0.3 is 17.9 Å². The summed E-state index contributed by atoms with van der Waals surface area (Å²) in [6.07, 6.45) is 76.7. The van der Waals surface area contributed by atoms with Crippen LogP contribution in [0.2, 0.25) is 0 Å². The molecule has 0 saturated heterocycles. The van der Waals surface area contributed by atoms with E-state index in [-0.39, 0.29) is 31.1 Å². The molecule has 0 heterocycles. The Hall–Kier alpha value is -3.93. The number of allylic oxidation sites excluding steroid dienone is 18. The van der Waals surface area contributed by atoms with E-state index in [1.807, 2.05) is 0 Å². The number of carbonyl (C=O) groups excluding carboxylic acids is 3. The molecule has 0 aliphatic carbocycles. The van der Waals surface area contributed by atoms with E-state index >= 15 is 0 Å². The number of hydrogen-bond donors (Lipinski definition) is 0. The lowest BCUT2D eigenvalue weighted by atomic mass is 10.1. The summed E-state index contributed by atoms with van der Waals surface area (Å²) in [7, 11) is 0. The maximum Gasteiger partial charge on any atom is 0.306 e. The number of unbranched alkanes of at least 4 members (excludes halogenated alkanes) is 21. The van der Waals surface area contributed by atoms with E-state index in [1.54, 1.807) is 0 Å². The Labute approximate surface area is 425 Å². The minimum absolute atomic E-state index is 0.0882. The zero-order valence-corrected chi connectivity index (χ0v) is 44.8. The van der Waals surface area contributed by atoms with Crippen LogP contribution in [0.3, 0.4) is 0 Å². The van der Waals surface area contributed by atoms with E-state index < -0.39 is 6.10 Å². The largest absolute Gasteiger partial charge is 0.462 e. The predicted octanol–water partition coefficient (Wildman–Crippen LogP) is 19.1. The Bertz CT molecular complexity index is 1420. The zero-order valence-electron chi connectivity index (χ0n) is 44.8. The molecule has 0 aromatic rings. The Balaban J connectivity index is 4.26. The van der Waals surface area contributed by atoms with Crippen LogP contribution in [-0.4, -0.2) is 37.2 Å². The van der Waals surface area contributed by atoms with Crippen molar-refractivity contribution < 1.29 is 28.6 Å². The van der Waals surface area contributed by atoms with Gasteiger partial charge in [-0.05, 0) is 109 Å². The van der Waals surface area contributed by atoms with Crippen LogP contribution in [-0.2, 0) is 28.6 Å². The standard InChI is InChI=1S/C63H104O6/c1-4-7-10-13-16-18-20-22-24-26-27-28-29-30-31-32-33-34-35-37-38-40-42-44-47-50-53-56-62(65)68-59-60(58-67-61(64)55-52-49-46-15-12-9-6-3)69-63(66)57-54-51-48-45-43-41-39-36-25-23-21-19-17-14-11-8-5-2/h7,10,16-19,22-25,27-28,30-31,33-34,37-38,60H,4-6,8-9,11-15,20-21,26,29,32,35-36,39-59H2,1-3H3/b10-7-,18-16-,19-17-,24-22-,25-23-,28-27-,31-30-,34-33-,38-37-. The van der Waals surface area contributed by atoms with Crippen LogP contribution in [0.25, 0.3) is 0 Å². The average Bonchev–Trinajstić information content (AvgIpc) is 3.35. The van der Waals surface area contributed by atoms with Gasteiger partial charge in [-0.15, -0.1) is 0 Å². The third-order valence-corrected chi connectivity index (χ3v) is 11.8. The summed E-state index contributed by atoms with van der Waals surface area (Å²) < 4.78 is 16.8. The molecule has 0 saturated carbocycles. The van der Waals surface area contributed by atoms with Crippen molar-refractivity contribution in [2.24, 2.45) is 0 Å². The fraction of sp³-hybridized carbons (Fsp3) is 0.667. The topological polar surface area (TPSA) is 78.9 Å². The van der Waals surface area contributed by atoms with Crippen molar-refractivity contribution in [2.75, 3.05) is 13.2 Å². The Morgan fingerprint density at radius 1 is 0.304 bits per heavy atom. The smallest absolute Gasteiger partial charge is 0.306 e. The Kier molecular flexibility index (Phi) is 53.4. The summed E-state index contributed by atoms with van der Waals surface area (Å²) in [5.41, 5.74) is 0. The van der Waals surface area contributed by atoms with Crippen molar-refractivity contribution >= 4 is 17.9 Å². The van der Waals surface area contributed by atoms with Gasteiger partial charge in [0, 0.05) is 19.3 Å². The molecule has 6 heteroatoms. The van der Waals surface area contributed by atoms with Crippen molar-refractivity contribution in [3.8, 4) is 0 Å². The van der Waals surface area contributed by atoms with Gasteiger partial charge in [0.05, 0.1) is 0 Å². The first kappa shape index (κ1) is 65.1. The van der Waals surface area contributed by atoms with Crippen molar-refractivity contribution in [1.82, 2.24) is 0 Å². The maximum absolute atomic E-state index is 12.8. The van der Waals surface area contributed by atoms with E-state index in [0.717, 1.165) is 135 Å². The molecule has 0 aromatic heterocycles. The Morgan fingerprint density at radius 2 is 0.565 bits per heavy atom. The lowest BCUT2D eigenvalue weighted by Gasteiger charge is -2.18. The molecule has 0 radical (unpaired) electrons. The highest BCUT2D eigenvalue weighted by molar-refractivity contribution is 5.71. The van der Waals surface area contributed by atoms with E-state index in [9.17, 15) is 14.4 Å². The molecule has 0 aliphatic heterocycles.